The quantitative estimate of drug-likeness (QED) is 0.559. The second-order valence-corrected chi connectivity index (χ2v) is 6.14. The number of hydrogen-bond donors (Lipinski definition) is 1. The molecule has 0 bridgehead atoms. The van der Waals surface area contributed by atoms with Crippen molar-refractivity contribution in [2.45, 2.75) is 32.4 Å². The Morgan fingerprint density at radius 1 is 1.07 bits per heavy atom. The molecule has 0 heterocycles. The Morgan fingerprint density at radius 2 is 1.67 bits per heavy atom. The number of nitro benzene ring substituents is 1. The number of carbonyl (C=O) groups is 2. The molecule has 8 heteroatoms. The number of carboxylic acid groups (broad SMARTS) is 1. The highest BCUT2D eigenvalue weighted by atomic mass is 16.6. The van der Waals surface area contributed by atoms with Gasteiger partial charge in [-0.25, -0.2) is 0 Å². The molecular weight excluding hydrogens is 352 g/mol. The fraction of sp³-hybridized carbons (Fsp3) is 0.263. The second-order valence-electron chi connectivity index (χ2n) is 6.14. The van der Waals surface area contributed by atoms with Crippen molar-refractivity contribution in [3.8, 4) is 5.75 Å². The van der Waals surface area contributed by atoms with Gasteiger partial charge in [0, 0.05) is 30.1 Å². The molecule has 142 valence electrons. The molecule has 0 aliphatic rings. The van der Waals surface area contributed by atoms with Crippen LogP contribution in [0.25, 0.3) is 0 Å². The van der Waals surface area contributed by atoms with Gasteiger partial charge in [0.25, 0.3) is 11.6 Å². The zero-order valence-electron chi connectivity index (χ0n) is 14.9. The normalized spacial score (nSPS) is 11.7. The van der Waals surface area contributed by atoms with E-state index in [1.165, 1.54) is 24.3 Å². The first kappa shape index (κ1) is 19.9. The molecule has 0 saturated heterocycles. The van der Waals surface area contributed by atoms with Gasteiger partial charge in [-0.05, 0) is 43.7 Å². The number of nitrogens with one attached hydrogen (secondary N) is 1. The van der Waals surface area contributed by atoms with Crippen molar-refractivity contribution in [1.29, 1.82) is 0 Å². The molecule has 2 aromatic rings. The van der Waals surface area contributed by atoms with Crippen molar-refractivity contribution >= 4 is 17.6 Å². The van der Waals surface area contributed by atoms with Crippen LogP contribution in [0.3, 0.4) is 0 Å². The summed E-state index contributed by atoms with van der Waals surface area (Å²) in [6, 6.07) is 10.9. The molecule has 0 radical (unpaired) electrons. The summed E-state index contributed by atoms with van der Waals surface area (Å²) in [6.07, 6.45) is -0.417. The number of nitro groups is 1. The average molecular weight is 371 g/mol. The first-order valence-corrected chi connectivity index (χ1v) is 8.28. The molecule has 0 spiro atoms. The number of aliphatic carboxylic acids is 1. The minimum absolute atomic E-state index is 0.00305. The molecule has 1 N–H and O–H groups in total. The third kappa shape index (κ3) is 5.81. The van der Waals surface area contributed by atoms with E-state index in [2.05, 4.69) is 5.32 Å². The Balaban J connectivity index is 2.17. The summed E-state index contributed by atoms with van der Waals surface area (Å²) >= 11 is 0. The predicted octanol–water partition coefficient (Wildman–Crippen LogP) is 1.99. The third-order valence-electron chi connectivity index (χ3n) is 3.67. The number of nitrogens with zero attached hydrogens (tertiary/aromatic N) is 1. The van der Waals surface area contributed by atoms with E-state index in [-0.39, 0.29) is 17.4 Å². The van der Waals surface area contributed by atoms with Crippen molar-refractivity contribution < 1.29 is 24.4 Å². The van der Waals surface area contributed by atoms with E-state index in [0.29, 0.717) is 11.3 Å². The van der Waals surface area contributed by atoms with Crippen molar-refractivity contribution in [3.63, 3.8) is 0 Å². The van der Waals surface area contributed by atoms with E-state index in [4.69, 9.17) is 4.74 Å². The van der Waals surface area contributed by atoms with Crippen LogP contribution in [0.2, 0.25) is 0 Å². The van der Waals surface area contributed by atoms with E-state index in [0.717, 1.165) is 0 Å². The van der Waals surface area contributed by atoms with Gasteiger partial charge in [0.05, 0.1) is 17.1 Å². The number of amides is 1. The zero-order valence-corrected chi connectivity index (χ0v) is 14.9. The minimum Gasteiger partial charge on any atom is -0.550 e. The Labute approximate surface area is 155 Å². The van der Waals surface area contributed by atoms with Crippen LogP contribution in [0, 0.1) is 10.1 Å². The lowest BCUT2D eigenvalue weighted by Crippen LogP contribution is -2.34. The van der Waals surface area contributed by atoms with Gasteiger partial charge in [-0.2, -0.15) is 0 Å². The van der Waals surface area contributed by atoms with Gasteiger partial charge in [0.1, 0.15) is 5.75 Å². The molecule has 0 aliphatic carbocycles. The minimum atomic E-state index is -1.31. The molecule has 0 aromatic heterocycles. The van der Waals surface area contributed by atoms with Crippen molar-refractivity contribution in [2.24, 2.45) is 0 Å². The van der Waals surface area contributed by atoms with Gasteiger partial charge in [0.2, 0.25) is 0 Å². The predicted molar refractivity (Wildman–Crippen MR) is 95.1 cm³/mol. The molecule has 2 rings (SSSR count). The molecule has 1 unspecified atom stereocenters. The van der Waals surface area contributed by atoms with Crippen LogP contribution in [0.1, 0.15) is 42.2 Å². The average Bonchev–Trinajstić information content (AvgIpc) is 2.61. The van der Waals surface area contributed by atoms with Crippen LogP contribution < -0.4 is 15.2 Å². The van der Waals surface area contributed by atoms with E-state index < -0.39 is 29.3 Å². The van der Waals surface area contributed by atoms with Crippen LogP contribution in [0.15, 0.2) is 48.5 Å². The van der Waals surface area contributed by atoms with Gasteiger partial charge in [-0.15, -0.1) is 0 Å². The summed E-state index contributed by atoms with van der Waals surface area (Å²) in [6.45, 7) is 3.77. The Bertz CT molecular complexity index is 815. The highest BCUT2D eigenvalue weighted by Crippen LogP contribution is 2.22. The third-order valence-corrected chi connectivity index (χ3v) is 3.67. The van der Waals surface area contributed by atoms with Gasteiger partial charge in [0.15, 0.2) is 0 Å². The summed E-state index contributed by atoms with van der Waals surface area (Å²) in [5.41, 5.74) is 0.618. The highest BCUT2D eigenvalue weighted by molar-refractivity contribution is 5.94. The van der Waals surface area contributed by atoms with Gasteiger partial charge >= 0.3 is 0 Å². The molecule has 0 saturated carbocycles. The molecule has 27 heavy (non-hydrogen) atoms. The topological polar surface area (TPSA) is 122 Å². The number of non-ortho nitro benzene ring substituents is 1. The van der Waals surface area contributed by atoms with Crippen molar-refractivity contribution in [1.82, 2.24) is 5.32 Å². The Kier molecular flexibility index (Phi) is 6.48. The first-order valence-electron chi connectivity index (χ1n) is 8.28. The Morgan fingerprint density at radius 3 is 2.15 bits per heavy atom. The summed E-state index contributed by atoms with van der Waals surface area (Å²) in [5.74, 6) is -1.23. The van der Waals surface area contributed by atoms with E-state index in [1.807, 2.05) is 13.8 Å². The fourth-order valence-electron chi connectivity index (χ4n) is 2.45. The maximum Gasteiger partial charge on any atom is 0.269 e. The van der Waals surface area contributed by atoms with Crippen LogP contribution in [0.4, 0.5) is 5.69 Å². The molecule has 2 aromatic carbocycles. The second kappa shape index (κ2) is 8.79. The van der Waals surface area contributed by atoms with Crippen molar-refractivity contribution in [3.05, 3.63) is 69.8 Å². The number of carboxylic acids is 1. The van der Waals surface area contributed by atoms with E-state index in [9.17, 15) is 24.8 Å². The maximum absolute atomic E-state index is 12.4. The summed E-state index contributed by atoms with van der Waals surface area (Å²) in [7, 11) is 0. The molecule has 0 aliphatic heterocycles. The zero-order chi connectivity index (χ0) is 20.0. The van der Waals surface area contributed by atoms with Crippen LogP contribution in [-0.4, -0.2) is 22.9 Å². The van der Waals surface area contributed by atoms with Crippen LogP contribution >= 0.6 is 0 Å². The largest absolute Gasteiger partial charge is 0.550 e. The SMILES string of the molecule is CC(C)Oc1ccc(C(CC(=O)[O-])NC(=O)c2ccc([N+](=O)[O-])cc2)cc1. The lowest BCUT2D eigenvalue weighted by molar-refractivity contribution is -0.384. The summed E-state index contributed by atoms with van der Waals surface area (Å²) < 4.78 is 5.54. The number of hydrogen-bond acceptors (Lipinski definition) is 6. The lowest BCUT2D eigenvalue weighted by atomic mass is 10.0. The maximum atomic E-state index is 12.4. The summed E-state index contributed by atoms with van der Waals surface area (Å²) in [4.78, 5) is 33.6. The first-order chi connectivity index (χ1) is 12.8. The standard InChI is InChI=1S/C19H20N2O6/c1-12(2)27-16-9-5-13(6-10-16)17(11-18(22)23)20-19(24)14-3-7-15(8-4-14)21(25)26/h3-10,12,17H,11H2,1-2H3,(H,20,24)(H,22,23)/p-1. The van der Waals surface area contributed by atoms with Gasteiger partial charge < -0.3 is 20.0 Å². The van der Waals surface area contributed by atoms with Crippen LogP contribution in [-0.2, 0) is 4.79 Å². The van der Waals surface area contributed by atoms with Crippen LogP contribution in [0.5, 0.6) is 5.75 Å². The van der Waals surface area contributed by atoms with Crippen molar-refractivity contribution in [2.75, 3.05) is 0 Å². The molecular formula is C19H19N2O6-. The van der Waals surface area contributed by atoms with E-state index in [1.54, 1.807) is 24.3 Å². The number of carbonyl (C=O) groups excluding carboxylic acids is 2. The molecule has 0 fully saturated rings. The highest BCUT2D eigenvalue weighted by Gasteiger charge is 2.17. The summed E-state index contributed by atoms with van der Waals surface area (Å²) in [5, 5.41) is 24.4. The smallest absolute Gasteiger partial charge is 0.269 e. The number of ether oxygens (including phenoxy) is 1. The van der Waals surface area contributed by atoms with Gasteiger partial charge in [-0.3, -0.25) is 14.9 Å². The molecule has 1 atom stereocenters. The molecule has 1 amide bonds. The monoisotopic (exact) mass is 371 g/mol. The Hall–Kier alpha value is -3.42. The fourth-order valence-corrected chi connectivity index (χ4v) is 2.45. The lowest BCUT2D eigenvalue weighted by Gasteiger charge is -2.20. The van der Waals surface area contributed by atoms with Gasteiger partial charge in [-0.1, -0.05) is 12.1 Å². The van der Waals surface area contributed by atoms with E-state index >= 15 is 0 Å². The number of benzene rings is 2. The molecule has 8 nitrogen and oxygen atoms in total. The number of rotatable bonds is 8.